The lowest BCUT2D eigenvalue weighted by Gasteiger charge is -2.29. The van der Waals surface area contributed by atoms with Crippen molar-refractivity contribution in [2.75, 3.05) is 13.1 Å². The molecule has 1 aliphatic rings. The van der Waals surface area contributed by atoms with Gasteiger partial charge in [0.2, 0.25) is 5.91 Å². The van der Waals surface area contributed by atoms with Crippen LogP contribution >= 0.6 is 0 Å². The summed E-state index contributed by atoms with van der Waals surface area (Å²) in [5.74, 6) is 0.525. The molecule has 4 rings (SSSR count). The zero-order valence-electron chi connectivity index (χ0n) is 18.1. The molecule has 32 heavy (non-hydrogen) atoms. The molecule has 2 aromatic heterocycles. The third kappa shape index (κ3) is 4.94. The van der Waals surface area contributed by atoms with E-state index in [1.807, 2.05) is 43.3 Å². The van der Waals surface area contributed by atoms with Gasteiger partial charge >= 0.3 is 0 Å². The smallest absolute Gasteiger partial charge is 0.262 e. The highest BCUT2D eigenvalue weighted by atomic mass is 32.2. The summed E-state index contributed by atoms with van der Waals surface area (Å²) in [7, 11) is -3.64. The van der Waals surface area contributed by atoms with Crippen molar-refractivity contribution in [3.8, 4) is 0 Å². The molecule has 1 aromatic carbocycles. The number of carbonyl (C=O) groups excluding carboxylic acids is 1. The molecule has 9 heteroatoms. The molecule has 0 radical (unpaired) electrons. The van der Waals surface area contributed by atoms with Crippen molar-refractivity contribution in [3.05, 3.63) is 72.6 Å². The Labute approximate surface area is 188 Å². The van der Waals surface area contributed by atoms with Crippen LogP contribution in [0.2, 0.25) is 0 Å². The van der Waals surface area contributed by atoms with Gasteiger partial charge in [-0.25, -0.2) is 13.4 Å². The van der Waals surface area contributed by atoms with Crippen molar-refractivity contribution < 1.29 is 17.6 Å². The van der Waals surface area contributed by atoms with Crippen LogP contribution in [0.1, 0.15) is 43.6 Å². The van der Waals surface area contributed by atoms with Gasteiger partial charge in [0.05, 0.1) is 25.2 Å². The van der Waals surface area contributed by atoms with Crippen molar-refractivity contribution >= 4 is 15.9 Å². The highest BCUT2D eigenvalue weighted by Gasteiger charge is 2.29. The second kappa shape index (κ2) is 9.70. The highest BCUT2D eigenvalue weighted by Crippen LogP contribution is 2.24. The molecule has 0 spiro atoms. The standard InChI is InChI=1S/C23H28N4O4S/c1-19(20-9-4-2-5-10-20)27(15-21-11-8-14-31-21)23(28)17-25-16-22(24-18-25)32(29,30)26-12-6-3-7-13-26/h2,4-5,8-11,14,16,18-19H,3,6-7,12-13,15,17H2,1H3/t19-/m1/s1. The van der Waals surface area contributed by atoms with Gasteiger partial charge in [-0.2, -0.15) is 4.31 Å². The van der Waals surface area contributed by atoms with E-state index in [1.54, 1.807) is 17.2 Å². The molecule has 1 atom stereocenters. The first-order valence-electron chi connectivity index (χ1n) is 10.8. The van der Waals surface area contributed by atoms with Crippen LogP contribution in [0.3, 0.4) is 0 Å². The molecular weight excluding hydrogens is 428 g/mol. The first kappa shape index (κ1) is 22.3. The number of aromatic nitrogens is 2. The number of amides is 1. The Morgan fingerprint density at radius 1 is 1.12 bits per heavy atom. The molecule has 1 amide bonds. The summed E-state index contributed by atoms with van der Waals surface area (Å²) >= 11 is 0. The topological polar surface area (TPSA) is 88.6 Å². The van der Waals surface area contributed by atoms with Crippen LogP contribution in [0.25, 0.3) is 0 Å². The van der Waals surface area contributed by atoms with E-state index in [1.165, 1.54) is 21.4 Å². The number of benzene rings is 1. The molecule has 1 fully saturated rings. The Hall–Kier alpha value is -2.91. The van der Waals surface area contributed by atoms with Crippen LogP contribution in [-0.4, -0.2) is 46.2 Å². The number of hydrogen-bond donors (Lipinski definition) is 0. The molecule has 0 N–H and O–H groups in total. The molecule has 8 nitrogen and oxygen atoms in total. The fourth-order valence-corrected chi connectivity index (χ4v) is 5.42. The predicted molar refractivity (Wildman–Crippen MR) is 119 cm³/mol. The SMILES string of the molecule is C[C@H](c1ccccc1)N(Cc1ccco1)C(=O)Cn1cnc(S(=O)(=O)N2CCCCC2)c1. The van der Waals surface area contributed by atoms with Gasteiger partial charge in [0.1, 0.15) is 12.3 Å². The summed E-state index contributed by atoms with van der Waals surface area (Å²) in [6.07, 6.45) is 7.20. The summed E-state index contributed by atoms with van der Waals surface area (Å²) < 4.78 is 34.2. The third-order valence-electron chi connectivity index (χ3n) is 5.82. The maximum Gasteiger partial charge on any atom is 0.262 e. The van der Waals surface area contributed by atoms with Crippen LogP contribution in [0, 0.1) is 0 Å². The first-order valence-corrected chi connectivity index (χ1v) is 12.3. The third-order valence-corrected chi connectivity index (χ3v) is 7.61. The van der Waals surface area contributed by atoms with E-state index in [9.17, 15) is 13.2 Å². The predicted octanol–water partition coefficient (Wildman–Crippen LogP) is 3.44. The minimum atomic E-state index is -3.64. The number of imidazole rings is 1. The van der Waals surface area contributed by atoms with E-state index < -0.39 is 10.0 Å². The monoisotopic (exact) mass is 456 g/mol. The Balaban J connectivity index is 1.52. The lowest BCUT2D eigenvalue weighted by molar-refractivity contribution is -0.135. The van der Waals surface area contributed by atoms with Crippen molar-refractivity contribution in [1.82, 2.24) is 18.8 Å². The molecule has 0 unspecified atom stereocenters. The minimum Gasteiger partial charge on any atom is -0.467 e. The van der Waals surface area contributed by atoms with Gasteiger partial charge in [-0.1, -0.05) is 36.8 Å². The number of sulfonamides is 1. The molecule has 0 saturated carbocycles. The average Bonchev–Trinajstić information content (AvgIpc) is 3.51. The van der Waals surface area contributed by atoms with Gasteiger partial charge in [-0.3, -0.25) is 4.79 Å². The van der Waals surface area contributed by atoms with Crippen LogP contribution < -0.4 is 0 Å². The van der Waals surface area contributed by atoms with Gasteiger partial charge in [0.25, 0.3) is 10.0 Å². The number of carbonyl (C=O) groups is 1. The average molecular weight is 457 g/mol. The Morgan fingerprint density at radius 3 is 2.56 bits per heavy atom. The summed E-state index contributed by atoms with van der Waals surface area (Å²) in [4.78, 5) is 19.1. The summed E-state index contributed by atoms with van der Waals surface area (Å²) in [5, 5.41) is -0.0131. The van der Waals surface area contributed by atoms with E-state index >= 15 is 0 Å². The fraction of sp³-hybridized carbons (Fsp3) is 0.391. The normalized spacial score (nSPS) is 16.0. The molecular formula is C23H28N4O4S. The maximum absolute atomic E-state index is 13.3. The van der Waals surface area contributed by atoms with E-state index in [4.69, 9.17) is 4.42 Å². The molecule has 0 aliphatic carbocycles. The van der Waals surface area contributed by atoms with E-state index in [0.717, 1.165) is 24.8 Å². The minimum absolute atomic E-state index is 0.0131. The van der Waals surface area contributed by atoms with Gasteiger partial charge in [-0.15, -0.1) is 0 Å². The van der Waals surface area contributed by atoms with Crippen molar-refractivity contribution in [1.29, 1.82) is 0 Å². The van der Waals surface area contributed by atoms with Gasteiger partial charge in [-0.05, 0) is 37.5 Å². The molecule has 1 aliphatic heterocycles. The molecule has 0 bridgehead atoms. The van der Waals surface area contributed by atoms with Crippen LogP contribution in [0.5, 0.6) is 0 Å². The van der Waals surface area contributed by atoms with Gasteiger partial charge < -0.3 is 13.9 Å². The van der Waals surface area contributed by atoms with Crippen LogP contribution in [-0.2, 0) is 27.9 Å². The fourth-order valence-electron chi connectivity index (χ4n) is 3.97. The van der Waals surface area contributed by atoms with Crippen molar-refractivity contribution in [2.24, 2.45) is 0 Å². The van der Waals surface area contributed by atoms with E-state index in [-0.39, 0.29) is 23.5 Å². The van der Waals surface area contributed by atoms with Gasteiger partial charge in [0, 0.05) is 19.3 Å². The summed E-state index contributed by atoms with van der Waals surface area (Å²) in [6, 6.07) is 13.2. The molecule has 170 valence electrons. The van der Waals surface area contributed by atoms with Crippen LogP contribution in [0.15, 0.2) is 70.7 Å². The Bertz CT molecular complexity index is 1120. The van der Waals surface area contributed by atoms with Crippen LogP contribution in [0.4, 0.5) is 0 Å². The second-order valence-electron chi connectivity index (χ2n) is 8.04. The zero-order chi connectivity index (χ0) is 22.6. The zero-order valence-corrected chi connectivity index (χ0v) is 18.9. The van der Waals surface area contributed by atoms with Crippen molar-refractivity contribution in [2.45, 2.75) is 50.3 Å². The number of piperidine rings is 1. The molecule has 3 heterocycles. The second-order valence-corrected chi connectivity index (χ2v) is 9.92. The lowest BCUT2D eigenvalue weighted by atomic mass is 10.1. The number of furan rings is 1. The number of nitrogens with zero attached hydrogens (tertiary/aromatic N) is 4. The Morgan fingerprint density at radius 2 is 1.88 bits per heavy atom. The Kier molecular flexibility index (Phi) is 6.76. The van der Waals surface area contributed by atoms with E-state index in [2.05, 4.69) is 4.98 Å². The molecule has 3 aromatic rings. The maximum atomic E-state index is 13.3. The summed E-state index contributed by atoms with van der Waals surface area (Å²) in [6.45, 7) is 3.30. The number of hydrogen-bond acceptors (Lipinski definition) is 5. The summed E-state index contributed by atoms with van der Waals surface area (Å²) in [5.41, 5.74) is 1.01. The number of rotatable bonds is 8. The first-order chi connectivity index (χ1) is 15.4. The quantitative estimate of drug-likeness (QED) is 0.518. The lowest BCUT2D eigenvalue weighted by Crippen LogP contribution is -2.36. The van der Waals surface area contributed by atoms with Gasteiger partial charge in [0.15, 0.2) is 5.03 Å². The van der Waals surface area contributed by atoms with E-state index in [0.29, 0.717) is 25.4 Å². The highest BCUT2D eigenvalue weighted by molar-refractivity contribution is 7.89. The largest absolute Gasteiger partial charge is 0.467 e. The van der Waals surface area contributed by atoms with Crippen molar-refractivity contribution in [3.63, 3.8) is 0 Å². The molecule has 1 saturated heterocycles.